The molecule has 0 saturated heterocycles. The number of hydrogen-bond acceptors (Lipinski definition) is 2. The summed E-state index contributed by atoms with van der Waals surface area (Å²) in [6, 6.07) is 1.26. The summed E-state index contributed by atoms with van der Waals surface area (Å²) in [5, 5.41) is 3.84. The third-order valence-electron chi connectivity index (χ3n) is 2.46. The van der Waals surface area contributed by atoms with Crippen molar-refractivity contribution in [3.05, 3.63) is 53.1 Å². The molecular weight excluding hydrogens is 245 g/mol. The van der Waals surface area contributed by atoms with E-state index in [2.05, 4.69) is 5.10 Å². The van der Waals surface area contributed by atoms with Crippen LogP contribution >= 0.6 is 0 Å². The molecule has 0 atom stereocenters. The van der Waals surface area contributed by atoms with Crippen LogP contribution in [0.5, 0.6) is 0 Å². The summed E-state index contributed by atoms with van der Waals surface area (Å²) in [7, 11) is 0. The predicted molar refractivity (Wildman–Crippen MR) is 57.6 cm³/mol. The second-order valence-corrected chi connectivity index (χ2v) is 3.84. The normalized spacial score (nSPS) is 10.7. The Labute approximate surface area is 101 Å². The molecule has 0 aliphatic heterocycles. The summed E-state index contributed by atoms with van der Waals surface area (Å²) in [5.41, 5.74) is 0.338. The van der Waals surface area contributed by atoms with Gasteiger partial charge in [-0.1, -0.05) is 0 Å². The Morgan fingerprint density at radius 2 is 1.89 bits per heavy atom. The number of benzene rings is 1. The van der Waals surface area contributed by atoms with Gasteiger partial charge in [0.05, 0.1) is 18.3 Å². The number of ketones is 1. The lowest BCUT2D eigenvalue weighted by Crippen LogP contribution is -2.04. The first kappa shape index (κ1) is 12.3. The van der Waals surface area contributed by atoms with Crippen LogP contribution in [-0.4, -0.2) is 15.6 Å². The van der Waals surface area contributed by atoms with Gasteiger partial charge in [-0.05, 0) is 13.0 Å². The quantitative estimate of drug-likeness (QED) is 0.623. The lowest BCUT2D eigenvalue weighted by molar-refractivity contribution is 0.101. The summed E-state index contributed by atoms with van der Waals surface area (Å²) in [6.45, 7) is 1.30. The maximum absolute atomic E-state index is 13.4. The molecule has 0 radical (unpaired) electrons. The Morgan fingerprint density at radius 1 is 1.22 bits per heavy atom. The van der Waals surface area contributed by atoms with Crippen LogP contribution in [0.25, 0.3) is 0 Å². The van der Waals surface area contributed by atoms with E-state index in [9.17, 15) is 18.0 Å². The zero-order valence-electron chi connectivity index (χ0n) is 9.45. The molecule has 0 aliphatic carbocycles. The molecule has 94 valence electrons. The maximum atomic E-state index is 13.4. The zero-order valence-corrected chi connectivity index (χ0v) is 9.45. The fraction of sp³-hybridized carbons (Fsp3) is 0.167. The van der Waals surface area contributed by atoms with E-state index in [0.717, 1.165) is 6.07 Å². The first-order valence-electron chi connectivity index (χ1n) is 5.14. The van der Waals surface area contributed by atoms with Crippen LogP contribution in [0.2, 0.25) is 0 Å². The van der Waals surface area contributed by atoms with Crippen LogP contribution in [-0.2, 0) is 6.54 Å². The van der Waals surface area contributed by atoms with Crippen molar-refractivity contribution in [3.63, 3.8) is 0 Å². The number of Topliss-reactive ketones (excluding diaryl/α,β-unsaturated/α-hetero) is 1. The number of halogens is 3. The first-order chi connectivity index (χ1) is 8.47. The van der Waals surface area contributed by atoms with E-state index in [-0.39, 0.29) is 17.9 Å². The Balaban J connectivity index is 2.28. The van der Waals surface area contributed by atoms with Crippen molar-refractivity contribution >= 4 is 5.78 Å². The second-order valence-electron chi connectivity index (χ2n) is 3.84. The average Bonchev–Trinajstić information content (AvgIpc) is 2.74. The molecule has 2 rings (SSSR count). The highest BCUT2D eigenvalue weighted by molar-refractivity contribution is 5.93. The van der Waals surface area contributed by atoms with Gasteiger partial charge in [-0.3, -0.25) is 9.48 Å². The van der Waals surface area contributed by atoms with Crippen molar-refractivity contribution in [3.8, 4) is 0 Å². The average molecular weight is 254 g/mol. The number of nitrogens with zero attached hydrogens (tertiary/aromatic N) is 2. The highest BCUT2D eigenvalue weighted by Crippen LogP contribution is 2.15. The van der Waals surface area contributed by atoms with Crippen LogP contribution in [0.15, 0.2) is 24.5 Å². The minimum atomic E-state index is -1.24. The van der Waals surface area contributed by atoms with Crippen LogP contribution in [0.3, 0.4) is 0 Å². The van der Waals surface area contributed by atoms with Gasteiger partial charge >= 0.3 is 0 Å². The highest BCUT2D eigenvalue weighted by Gasteiger charge is 2.11. The molecule has 0 bridgehead atoms. The van der Waals surface area contributed by atoms with E-state index in [4.69, 9.17) is 0 Å². The summed E-state index contributed by atoms with van der Waals surface area (Å²) in [6.07, 6.45) is 2.75. The van der Waals surface area contributed by atoms with E-state index in [0.29, 0.717) is 11.6 Å². The predicted octanol–water partition coefficient (Wildman–Crippen LogP) is 2.55. The fourth-order valence-corrected chi connectivity index (χ4v) is 1.49. The van der Waals surface area contributed by atoms with Gasteiger partial charge in [0.25, 0.3) is 0 Å². The smallest absolute Gasteiger partial charge is 0.162 e. The Kier molecular flexibility index (Phi) is 3.18. The molecule has 0 fully saturated rings. The molecule has 0 N–H and O–H groups in total. The Hall–Kier alpha value is -2.11. The van der Waals surface area contributed by atoms with Crippen molar-refractivity contribution in [2.75, 3.05) is 0 Å². The van der Waals surface area contributed by atoms with Crippen molar-refractivity contribution in [1.82, 2.24) is 9.78 Å². The molecule has 1 heterocycles. The number of carbonyl (C=O) groups is 1. The molecule has 3 nitrogen and oxygen atoms in total. The van der Waals surface area contributed by atoms with E-state index >= 15 is 0 Å². The number of hydrogen-bond donors (Lipinski definition) is 0. The topological polar surface area (TPSA) is 34.9 Å². The standard InChI is InChI=1S/C12H9F3N2O/c1-7(18)9-4-16-17(6-9)5-8-2-11(14)12(15)3-10(8)13/h2-4,6H,5H2,1H3. The zero-order chi connectivity index (χ0) is 13.3. The third-order valence-corrected chi connectivity index (χ3v) is 2.46. The minimum Gasteiger partial charge on any atom is -0.294 e. The van der Waals surface area contributed by atoms with Crippen LogP contribution < -0.4 is 0 Å². The molecule has 1 aromatic heterocycles. The third kappa shape index (κ3) is 2.42. The summed E-state index contributed by atoms with van der Waals surface area (Å²) in [4.78, 5) is 11.0. The van der Waals surface area contributed by atoms with E-state index in [1.807, 2.05) is 0 Å². The molecule has 6 heteroatoms. The molecule has 0 amide bonds. The van der Waals surface area contributed by atoms with Crippen molar-refractivity contribution in [2.45, 2.75) is 13.5 Å². The number of aromatic nitrogens is 2. The van der Waals surface area contributed by atoms with Gasteiger partial charge in [0.1, 0.15) is 5.82 Å². The Bertz CT molecular complexity index is 607. The summed E-state index contributed by atoms with van der Waals surface area (Å²) < 4.78 is 40.3. The lowest BCUT2D eigenvalue weighted by atomic mass is 10.2. The second kappa shape index (κ2) is 4.64. The van der Waals surface area contributed by atoms with E-state index < -0.39 is 17.5 Å². The number of rotatable bonds is 3. The van der Waals surface area contributed by atoms with Crippen LogP contribution in [0, 0.1) is 17.5 Å². The van der Waals surface area contributed by atoms with Crippen molar-refractivity contribution in [2.24, 2.45) is 0 Å². The monoisotopic (exact) mass is 254 g/mol. The van der Waals surface area contributed by atoms with Crippen LogP contribution in [0.1, 0.15) is 22.8 Å². The van der Waals surface area contributed by atoms with Gasteiger partial charge in [0.15, 0.2) is 17.4 Å². The molecule has 0 spiro atoms. The van der Waals surface area contributed by atoms with Crippen molar-refractivity contribution < 1.29 is 18.0 Å². The van der Waals surface area contributed by atoms with Gasteiger partial charge in [-0.15, -0.1) is 0 Å². The highest BCUT2D eigenvalue weighted by atomic mass is 19.2. The maximum Gasteiger partial charge on any atom is 0.162 e. The molecule has 0 aliphatic rings. The first-order valence-corrected chi connectivity index (χ1v) is 5.14. The summed E-state index contributed by atoms with van der Waals surface area (Å²) in [5.74, 6) is -3.38. The van der Waals surface area contributed by atoms with E-state index in [1.54, 1.807) is 0 Å². The molecule has 0 unspecified atom stereocenters. The Morgan fingerprint density at radius 3 is 2.50 bits per heavy atom. The molecule has 1 aromatic carbocycles. The lowest BCUT2D eigenvalue weighted by Gasteiger charge is -2.04. The molecular formula is C12H9F3N2O. The number of carbonyl (C=O) groups excluding carboxylic acids is 1. The molecule has 18 heavy (non-hydrogen) atoms. The van der Waals surface area contributed by atoms with Crippen molar-refractivity contribution in [1.29, 1.82) is 0 Å². The van der Waals surface area contributed by atoms with Gasteiger partial charge in [0.2, 0.25) is 0 Å². The van der Waals surface area contributed by atoms with Gasteiger partial charge in [-0.2, -0.15) is 5.10 Å². The summed E-state index contributed by atoms with van der Waals surface area (Å²) >= 11 is 0. The van der Waals surface area contributed by atoms with Gasteiger partial charge in [-0.25, -0.2) is 13.2 Å². The SMILES string of the molecule is CC(=O)c1cnn(Cc2cc(F)c(F)cc2F)c1. The molecule has 0 saturated carbocycles. The van der Waals surface area contributed by atoms with E-state index in [1.165, 1.54) is 24.0 Å². The van der Waals surface area contributed by atoms with Gasteiger partial charge in [0, 0.05) is 17.8 Å². The minimum absolute atomic E-state index is 0.0351. The van der Waals surface area contributed by atoms with Crippen LogP contribution in [0.4, 0.5) is 13.2 Å². The fourth-order valence-electron chi connectivity index (χ4n) is 1.49. The van der Waals surface area contributed by atoms with Gasteiger partial charge < -0.3 is 0 Å². The largest absolute Gasteiger partial charge is 0.294 e. The molecule has 2 aromatic rings.